The Bertz CT molecular complexity index is 479. The molecular formula is C12H13NO3. The number of hydrogen-bond donors (Lipinski definition) is 1. The van der Waals surface area contributed by atoms with Crippen molar-refractivity contribution in [2.24, 2.45) is 0 Å². The highest BCUT2D eigenvalue weighted by Crippen LogP contribution is 2.30. The molecule has 0 amide bonds. The summed E-state index contributed by atoms with van der Waals surface area (Å²) in [6, 6.07) is 2.90. The molecule has 2 rings (SSSR count). The molecule has 4 nitrogen and oxygen atoms in total. The first-order chi connectivity index (χ1) is 7.54. The summed E-state index contributed by atoms with van der Waals surface area (Å²) in [4.78, 5) is 23.3. The zero-order chi connectivity index (χ0) is 11.9. The zero-order valence-electron chi connectivity index (χ0n) is 9.46. The number of aryl methyl sites for hydroxylation is 2. The van der Waals surface area contributed by atoms with Crippen molar-refractivity contribution in [1.29, 1.82) is 0 Å². The number of fused-ring (bicyclic) bond motifs is 1. The van der Waals surface area contributed by atoms with Crippen LogP contribution in [0.4, 0.5) is 5.69 Å². The Morgan fingerprint density at radius 2 is 2.06 bits per heavy atom. The molecule has 1 heterocycles. The summed E-state index contributed by atoms with van der Waals surface area (Å²) < 4.78 is 4.58. The number of methoxy groups -OCH3 is 1. The minimum atomic E-state index is -0.888. The molecule has 84 valence electrons. The van der Waals surface area contributed by atoms with Gasteiger partial charge in [0.25, 0.3) is 0 Å². The van der Waals surface area contributed by atoms with Crippen LogP contribution in [0.25, 0.3) is 0 Å². The molecule has 16 heavy (non-hydrogen) atoms. The lowest BCUT2D eigenvalue weighted by Gasteiger charge is -2.06. The maximum atomic E-state index is 12.0. The van der Waals surface area contributed by atoms with Gasteiger partial charge in [0, 0.05) is 11.3 Å². The van der Waals surface area contributed by atoms with Crippen molar-refractivity contribution in [1.82, 2.24) is 0 Å². The van der Waals surface area contributed by atoms with Crippen molar-refractivity contribution < 1.29 is 14.3 Å². The summed E-state index contributed by atoms with van der Waals surface area (Å²) in [5.41, 5.74) is 3.26. The predicted molar refractivity (Wildman–Crippen MR) is 59.7 cm³/mol. The standard InChI is InChI=1S/C12H13NO3/c1-6-4-7(2)9-8(5-6)13-10(11(9)14)12(15)16-3/h4-5,10,13H,1-3H3. The van der Waals surface area contributed by atoms with Gasteiger partial charge in [0.1, 0.15) is 0 Å². The van der Waals surface area contributed by atoms with Gasteiger partial charge >= 0.3 is 5.97 Å². The fourth-order valence-corrected chi connectivity index (χ4v) is 2.06. The average Bonchev–Trinajstić information content (AvgIpc) is 2.54. The number of Topliss-reactive ketones (excluding diaryl/α,β-unsaturated/α-hetero) is 1. The van der Waals surface area contributed by atoms with Crippen molar-refractivity contribution in [3.05, 3.63) is 28.8 Å². The number of anilines is 1. The quantitative estimate of drug-likeness (QED) is 0.573. The van der Waals surface area contributed by atoms with Crippen LogP contribution in [-0.2, 0) is 9.53 Å². The van der Waals surface area contributed by atoms with E-state index >= 15 is 0 Å². The summed E-state index contributed by atoms with van der Waals surface area (Å²) >= 11 is 0. The molecular weight excluding hydrogens is 206 g/mol. The molecule has 1 N–H and O–H groups in total. The Labute approximate surface area is 93.6 Å². The van der Waals surface area contributed by atoms with E-state index in [1.165, 1.54) is 7.11 Å². The van der Waals surface area contributed by atoms with Crippen LogP contribution in [0.3, 0.4) is 0 Å². The Balaban J connectivity index is 2.46. The third-order valence-corrected chi connectivity index (χ3v) is 2.73. The van der Waals surface area contributed by atoms with E-state index in [0.717, 1.165) is 16.8 Å². The number of esters is 1. The first-order valence-corrected chi connectivity index (χ1v) is 5.04. The first kappa shape index (κ1) is 10.7. The fraction of sp³-hybridized carbons (Fsp3) is 0.333. The third-order valence-electron chi connectivity index (χ3n) is 2.73. The molecule has 0 saturated heterocycles. The van der Waals surface area contributed by atoms with Gasteiger partial charge < -0.3 is 10.1 Å². The number of benzene rings is 1. The number of rotatable bonds is 1. The SMILES string of the molecule is COC(=O)C1Nc2cc(C)cc(C)c2C1=O. The lowest BCUT2D eigenvalue weighted by Crippen LogP contribution is -2.33. The largest absolute Gasteiger partial charge is 0.467 e. The second kappa shape index (κ2) is 3.63. The number of ether oxygens (including phenoxy) is 1. The summed E-state index contributed by atoms with van der Waals surface area (Å²) in [7, 11) is 1.28. The minimum absolute atomic E-state index is 0.209. The van der Waals surface area contributed by atoms with Gasteiger partial charge in [0.2, 0.25) is 0 Å². The van der Waals surface area contributed by atoms with Gasteiger partial charge in [-0.05, 0) is 31.0 Å². The number of ketones is 1. The Morgan fingerprint density at radius 3 is 2.69 bits per heavy atom. The van der Waals surface area contributed by atoms with E-state index < -0.39 is 12.0 Å². The molecule has 1 aromatic carbocycles. The molecule has 1 aromatic rings. The second-order valence-corrected chi connectivity index (χ2v) is 3.97. The van der Waals surface area contributed by atoms with E-state index in [4.69, 9.17) is 0 Å². The summed E-state index contributed by atoms with van der Waals surface area (Å²) in [6.07, 6.45) is 0. The molecule has 0 saturated carbocycles. The van der Waals surface area contributed by atoms with Crippen LogP contribution in [-0.4, -0.2) is 24.9 Å². The average molecular weight is 219 g/mol. The molecule has 0 aromatic heterocycles. The highest BCUT2D eigenvalue weighted by molar-refractivity contribution is 6.21. The Hall–Kier alpha value is -1.84. The molecule has 0 fully saturated rings. The number of carbonyl (C=O) groups is 2. The van der Waals surface area contributed by atoms with Crippen molar-refractivity contribution in [2.75, 3.05) is 12.4 Å². The van der Waals surface area contributed by atoms with Crippen LogP contribution in [0.2, 0.25) is 0 Å². The van der Waals surface area contributed by atoms with Crippen molar-refractivity contribution >= 4 is 17.4 Å². The summed E-state index contributed by atoms with van der Waals surface area (Å²) in [5.74, 6) is -0.752. The summed E-state index contributed by atoms with van der Waals surface area (Å²) in [6.45, 7) is 3.82. The van der Waals surface area contributed by atoms with Gasteiger partial charge in [0.15, 0.2) is 11.8 Å². The molecule has 1 aliphatic rings. The molecule has 1 unspecified atom stereocenters. The molecule has 4 heteroatoms. The maximum absolute atomic E-state index is 12.0. The van der Waals surface area contributed by atoms with Crippen molar-refractivity contribution in [3.8, 4) is 0 Å². The molecule has 0 bridgehead atoms. The Kier molecular flexibility index (Phi) is 2.42. The van der Waals surface area contributed by atoms with Gasteiger partial charge in [0.05, 0.1) is 7.11 Å². The molecule has 0 aliphatic carbocycles. The van der Waals surface area contributed by atoms with Crippen LogP contribution >= 0.6 is 0 Å². The number of nitrogens with one attached hydrogen (secondary N) is 1. The molecule has 1 atom stereocenters. The molecule has 1 aliphatic heterocycles. The highest BCUT2D eigenvalue weighted by atomic mass is 16.5. The van der Waals surface area contributed by atoms with E-state index in [1.54, 1.807) is 0 Å². The predicted octanol–water partition coefficient (Wildman–Crippen LogP) is 1.45. The third kappa shape index (κ3) is 1.46. The minimum Gasteiger partial charge on any atom is -0.467 e. The highest BCUT2D eigenvalue weighted by Gasteiger charge is 2.37. The fourth-order valence-electron chi connectivity index (χ4n) is 2.06. The number of carbonyl (C=O) groups excluding carboxylic acids is 2. The topological polar surface area (TPSA) is 55.4 Å². The maximum Gasteiger partial charge on any atom is 0.336 e. The van der Waals surface area contributed by atoms with E-state index in [2.05, 4.69) is 10.1 Å². The normalized spacial score (nSPS) is 17.9. The smallest absolute Gasteiger partial charge is 0.336 e. The van der Waals surface area contributed by atoms with Crippen LogP contribution in [0.15, 0.2) is 12.1 Å². The molecule has 0 spiro atoms. The van der Waals surface area contributed by atoms with Crippen molar-refractivity contribution in [2.45, 2.75) is 19.9 Å². The molecule has 0 radical (unpaired) electrons. The summed E-state index contributed by atoms with van der Waals surface area (Å²) in [5, 5.41) is 2.89. The van der Waals surface area contributed by atoms with Crippen molar-refractivity contribution in [3.63, 3.8) is 0 Å². The van der Waals surface area contributed by atoms with Gasteiger partial charge in [-0.15, -0.1) is 0 Å². The van der Waals surface area contributed by atoms with Gasteiger partial charge in [-0.2, -0.15) is 0 Å². The first-order valence-electron chi connectivity index (χ1n) is 5.04. The lowest BCUT2D eigenvalue weighted by molar-refractivity contribution is -0.140. The van der Waals surface area contributed by atoms with E-state index in [9.17, 15) is 9.59 Å². The van der Waals surface area contributed by atoms with Crippen LogP contribution in [0, 0.1) is 13.8 Å². The van der Waals surface area contributed by atoms with Crippen LogP contribution < -0.4 is 5.32 Å². The second-order valence-electron chi connectivity index (χ2n) is 3.97. The van der Waals surface area contributed by atoms with Gasteiger partial charge in [-0.3, -0.25) is 4.79 Å². The van der Waals surface area contributed by atoms with Crippen LogP contribution in [0.5, 0.6) is 0 Å². The van der Waals surface area contributed by atoms with E-state index in [1.807, 2.05) is 26.0 Å². The van der Waals surface area contributed by atoms with Gasteiger partial charge in [-0.1, -0.05) is 6.07 Å². The Morgan fingerprint density at radius 1 is 1.38 bits per heavy atom. The van der Waals surface area contributed by atoms with E-state index in [-0.39, 0.29) is 5.78 Å². The zero-order valence-corrected chi connectivity index (χ0v) is 9.46. The van der Waals surface area contributed by atoms with Gasteiger partial charge in [-0.25, -0.2) is 4.79 Å². The van der Waals surface area contributed by atoms with Crippen LogP contribution in [0.1, 0.15) is 21.5 Å². The monoisotopic (exact) mass is 219 g/mol. The lowest BCUT2D eigenvalue weighted by atomic mass is 10.0. The number of hydrogen-bond acceptors (Lipinski definition) is 4. The van der Waals surface area contributed by atoms with E-state index in [0.29, 0.717) is 5.56 Å².